The molecule has 1 aliphatic heterocycles. The number of fused-ring (bicyclic) bond motifs is 1. The number of aromatic nitrogens is 3. The number of nitrogens with one attached hydrogen (secondary N) is 3. The molecule has 172 valence electrons. The summed E-state index contributed by atoms with van der Waals surface area (Å²) < 4.78 is 63.7. The number of hydrogen-bond donors (Lipinski definition) is 3. The van der Waals surface area contributed by atoms with Crippen LogP contribution in [0.4, 0.5) is 30.6 Å². The number of anilines is 3. The number of benzene rings is 1. The zero-order chi connectivity index (χ0) is 23.1. The summed E-state index contributed by atoms with van der Waals surface area (Å²) in [5.74, 6) is 0.553. The number of hydrogen-bond acceptors (Lipinski definition) is 7. The maximum Gasteiger partial charge on any atom is 0.418 e. The molecule has 1 unspecified atom stereocenters. The lowest BCUT2D eigenvalue weighted by atomic mass is 10.2. The van der Waals surface area contributed by atoms with E-state index in [-0.39, 0.29) is 28.8 Å². The highest BCUT2D eigenvalue weighted by Gasteiger charge is 2.36. The highest BCUT2D eigenvalue weighted by Crippen LogP contribution is 2.40. The minimum absolute atomic E-state index is 0.0402. The number of alkyl halides is 3. The van der Waals surface area contributed by atoms with Gasteiger partial charge in [-0.05, 0) is 37.9 Å². The van der Waals surface area contributed by atoms with E-state index in [4.69, 9.17) is 9.47 Å². The Labute approximate surface area is 182 Å². The molecule has 0 amide bonds. The Balaban J connectivity index is 1.76. The van der Waals surface area contributed by atoms with Crippen LogP contribution in [-0.2, 0) is 15.5 Å². The Hall–Kier alpha value is -2.78. The topological polar surface area (TPSA) is 101 Å². The normalized spacial score (nSPS) is 17.0. The van der Waals surface area contributed by atoms with Crippen LogP contribution in [-0.4, -0.2) is 54.6 Å². The van der Waals surface area contributed by atoms with Crippen molar-refractivity contribution in [2.24, 2.45) is 0 Å². The first-order chi connectivity index (χ1) is 15.1. The molecular weight excluding hydrogens is 446 g/mol. The Morgan fingerprint density at radius 3 is 2.69 bits per heavy atom. The average molecular weight is 469 g/mol. The van der Waals surface area contributed by atoms with Crippen molar-refractivity contribution >= 4 is 40.9 Å². The van der Waals surface area contributed by atoms with Gasteiger partial charge in [0.25, 0.3) is 0 Å². The molecule has 1 aromatic carbocycles. The Bertz CT molecular complexity index is 1190. The highest BCUT2D eigenvalue weighted by atomic mass is 31.2. The summed E-state index contributed by atoms with van der Waals surface area (Å²) in [5.41, 5.74) is -0.315. The molecule has 2 aromatic heterocycles. The number of rotatable bonds is 6. The third-order valence-electron chi connectivity index (χ3n) is 5.16. The van der Waals surface area contributed by atoms with Crippen LogP contribution in [0.3, 0.4) is 0 Å². The summed E-state index contributed by atoms with van der Waals surface area (Å²) in [6, 6.07) is 4.88. The largest absolute Gasteiger partial charge is 0.495 e. The molecule has 3 heterocycles. The summed E-state index contributed by atoms with van der Waals surface area (Å²) in [7, 11) is -1.03. The van der Waals surface area contributed by atoms with Crippen molar-refractivity contribution in [1.29, 1.82) is 0 Å². The van der Waals surface area contributed by atoms with Crippen LogP contribution >= 0.6 is 7.14 Å². The fourth-order valence-electron chi connectivity index (χ4n) is 3.50. The van der Waals surface area contributed by atoms with Gasteiger partial charge in [0.1, 0.15) is 24.4 Å². The fourth-order valence-corrected chi connectivity index (χ4v) is 4.36. The van der Waals surface area contributed by atoms with Gasteiger partial charge in [-0.15, -0.1) is 0 Å². The van der Waals surface area contributed by atoms with Gasteiger partial charge in [0.15, 0.2) is 0 Å². The summed E-state index contributed by atoms with van der Waals surface area (Å²) in [4.78, 5) is 11.2. The highest BCUT2D eigenvalue weighted by molar-refractivity contribution is 7.70. The van der Waals surface area contributed by atoms with Crippen LogP contribution < -0.4 is 20.7 Å². The van der Waals surface area contributed by atoms with Gasteiger partial charge >= 0.3 is 6.18 Å². The van der Waals surface area contributed by atoms with Gasteiger partial charge in [-0.3, -0.25) is 0 Å². The van der Waals surface area contributed by atoms with Gasteiger partial charge in [0, 0.05) is 18.1 Å². The summed E-state index contributed by atoms with van der Waals surface area (Å²) in [5, 5.41) is 6.57. The number of aromatic amines is 1. The molecule has 8 nitrogen and oxygen atoms in total. The Morgan fingerprint density at radius 2 is 2.06 bits per heavy atom. The molecular formula is C20H23F3N5O3P. The van der Waals surface area contributed by atoms with E-state index in [1.54, 1.807) is 31.5 Å². The molecule has 1 atom stereocenters. The number of H-pyrrole nitrogens is 1. The molecule has 1 aliphatic rings. The number of ether oxygens (including phenoxy) is 2. The number of nitrogens with zero attached hydrogens (tertiary/aromatic N) is 2. The van der Waals surface area contributed by atoms with Crippen molar-refractivity contribution in [2.45, 2.75) is 18.6 Å². The van der Waals surface area contributed by atoms with Gasteiger partial charge in [0.05, 0.1) is 36.4 Å². The predicted molar refractivity (Wildman–Crippen MR) is 117 cm³/mol. The molecule has 0 aliphatic carbocycles. The fraction of sp³-hybridized carbons (Fsp3) is 0.400. The van der Waals surface area contributed by atoms with Crippen molar-refractivity contribution in [3.8, 4) is 5.75 Å². The lowest BCUT2D eigenvalue weighted by Gasteiger charge is -2.17. The van der Waals surface area contributed by atoms with Crippen LogP contribution in [0.5, 0.6) is 5.75 Å². The standard InChI is InChI=1S/C20H23F3N5O3P/c1-30-15-8-12(32(2,3)29)4-5-14(15)26-19-27-17-16(13(9-24-17)20(21,22)23)18(28-19)25-11-6-7-31-10-11/h4-5,8-9,11H,6-7,10H2,1-3H3,(H3,24,25,26,27,28). The number of halogens is 3. The smallest absolute Gasteiger partial charge is 0.418 e. The lowest BCUT2D eigenvalue weighted by Crippen LogP contribution is -2.21. The molecule has 3 N–H and O–H groups in total. The van der Waals surface area contributed by atoms with Crippen LogP contribution in [0.15, 0.2) is 24.4 Å². The molecule has 0 spiro atoms. The second-order valence-corrected chi connectivity index (χ2v) is 11.1. The molecule has 4 rings (SSSR count). The van der Waals surface area contributed by atoms with E-state index in [1.165, 1.54) is 7.11 Å². The van der Waals surface area contributed by atoms with Gasteiger partial charge in [-0.2, -0.15) is 23.1 Å². The average Bonchev–Trinajstić information content (AvgIpc) is 3.37. The summed E-state index contributed by atoms with van der Waals surface area (Å²) in [6.07, 6.45) is -3.02. The van der Waals surface area contributed by atoms with E-state index < -0.39 is 18.9 Å². The maximum atomic E-state index is 13.5. The quantitative estimate of drug-likeness (QED) is 0.466. The first-order valence-corrected chi connectivity index (χ1v) is 12.5. The van der Waals surface area contributed by atoms with Crippen molar-refractivity contribution in [2.75, 3.05) is 44.3 Å². The zero-order valence-corrected chi connectivity index (χ0v) is 18.6. The minimum atomic E-state index is -4.56. The molecule has 0 saturated carbocycles. The SMILES string of the molecule is COc1cc(P(C)(C)=O)ccc1Nc1nc(NC2CCOC2)c2c(C(F)(F)F)c[nH]c2n1. The van der Waals surface area contributed by atoms with Gasteiger partial charge in [-0.25, -0.2) is 0 Å². The molecule has 1 saturated heterocycles. The molecule has 32 heavy (non-hydrogen) atoms. The van der Waals surface area contributed by atoms with E-state index in [0.717, 1.165) is 6.20 Å². The maximum absolute atomic E-state index is 13.5. The predicted octanol–water partition coefficient (Wildman–Crippen LogP) is 4.18. The van der Waals surface area contributed by atoms with Crippen molar-refractivity contribution in [1.82, 2.24) is 15.0 Å². The van der Waals surface area contributed by atoms with Crippen molar-refractivity contribution in [3.05, 3.63) is 30.0 Å². The second kappa shape index (κ2) is 8.29. The molecule has 0 bridgehead atoms. The van der Waals surface area contributed by atoms with Crippen LogP contribution in [0.25, 0.3) is 11.0 Å². The van der Waals surface area contributed by atoms with E-state index in [9.17, 15) is 17.7 Å². The molecule has 0 radical (unpaired) electrons. The first kappa shape index (κ1) is 22.4. The summed E-state index contributed by atoms with van der Waals surface area (Å²) >= 11 is 0. The first-order valence-electron chi connectivity index (χ1n) is 9.87. The van der Waals surface area contributed by atoms with E-state index in [0.29, 0.717) is 36.4 Å². The third kappa shape index (κ3) is 4.54. The second-order valence-electron chi connectivity index (χ2n) is 7.88. The van der Waals surface area contributed by atoms with Crippen LogP contribution in [0.2, 0.25) is 0 Å². The van der Waals surface area contributed by atoms with Gasteiger partial charge < -0.3 is 29.7 Å². The lowest BCUT2D eigenvalue weighted by molar-refractivity contribution is -0.136. The van der Waals surface area contributed by atoms with E-state index >= 15 is 0 Å². The van der Waals surface area contributed by atoms with Crippen molar-refractivity contribution in [3.63, 3.8) is 0 Å². The van der Waals surface area contributed by atoms with E-state index in [1.807, 2.05) is 0 Å². The Kier molecular flexibility index (Phi) is 5.81. The van der Waals surface area contributed by atoms with Crippen LogP contribution in [0, 0.1) is 0 Å². The number of methoxy groups -OCH3 is 1. The van der Waals surface area contributed by atoms with E-state index in [2.05, 4.69) is 25.6 Å². The zero-order valence-electron chi connectivity index (χ0n) is 17.7. The van der Waals surface area contributed by atoms with Crippen molar-refractivity contribution < 1.29 is 27.2 Å². The minimum Gasteiger partial charge on any atom is -0.495 e. The van der Waals surface area contributed by atoms with Crippen LogP contribution in [0.1, 0.15) is 12.0 Å². The Morgan fingerprint density at radius 1 is 1.28 bits per heavy atom. The van der Waals surface area contributed by atoms with Gasteiger partial charge in [0.2, 0.25) is 5.95 Å². The molecule has 1 fully saturated rings. The monoisotopic (exact) mass is 469 g/mol. The third-order valence-corrected chi connectivity index (χ3v) is 6.68. The van der Waals surface area contributed by atoms with Gasteiger partial charge in [-0.1, -0.05) is 0 Å². The summed E-state index contributed by atoms with van der Waals surface area (Å²) in [6.45, 7) is 4.21. The molecule has 3 aromatic rings. The molecule has 12 heteroatoms.